The largest absolute Gasteiger partial charge is 0.490 e. The Morgan fingerprint density at radius 3 is 2.29 bits per heavy atom. The van der Waals surface area contributed by atoms with Crippen LogP contribution in [-0.4, -0.2) is 6.61 Å². The first-order chi connectivity index (χ1) is 18.5. The molecular formula is C34H37F3O. The Bertz CT molecular complexity index is 1260. The quantitative estimate of drug-likeness (QED) is 0.171. The smallest absolute Gasteiger partial charge is 0.201 e. The first-order valence-corrected chi connectivity index (χ1v) is 13.8. The standard InChI is InChI=1S/C34H37F3O/c1-3-5-7-8-22-38-32-21-20-30(33(36)34(32)37)27-16-14-25(15-17-27)28-18-19-29(31(35)23-28)26-12-10-24(11-13-26)9-6-4-2/h4,12,14-21,23-24H,2-3,5-11,13,22H2,1H3. The van der Waals surface area contributed by atoms with Crippen LogP contribution >= 0.6 is 0 Å². The van der Waals surface area contributed by atoms with Gasteiger partial charge < -0.3 is 4.74 Å². The van der Waals surface area contributed by atoms with Gasteiger partial charge in [-0.3, -0.25) is 0 Å². The lowest BCUT2D eigenvalue weighted by molar-refractivity contribution is 0.285. The van der Waals surface area contributed by atoms with Gasteiger partial charge in [-0.25, -0.2) is 8.78 Å². The first kappa shape index (κ1) is 27.8. The van der Waals surface area contributed by atoms with Crippen molar-refractivity contribution in [1.82, 2.24) is 0 Å². The van der Waals surface area contributed by atoms with E-state index < -0.39 is 11.6 Å². The second-order valence-corrected chi connectivity index (χ2v) is 10.2. The Hall–Kier alpha value is -3.27. The highest BCUT2D eigenvalue weighted by Crippen LogP contribution is 2.36. The van der Waals surface area contributed by atoms with Crippen molar-refractivity contribution in [2.75, 3.05) is 6.61 Å². The molecular weight excluding hydrogens is 481 g/mol. The molecule has 0 fully saturated rings. The van der Waals surface area contributed by atoms with Crippen molar-refractivity contribution in [2.45, 2.75) is 64.7 Å². The van der Waals surface area contributed by atoms with Crippen LogP contribution in [0.15, 0.2) is 73.3 Å². The lowest BCUT2D eigenvalue weighted by Crippen LogP contribution is -2.06. The summed E-state index contributed by atoms with van der Waals surface area (Å²) in [5.41, 5.74) is 4.02. The normalized spacial score (nSPS) is 15.3. The van der Waals surface area contributed by atoms with Crippen molar-refractivity contribution in [2.24, 2.45) is 5.92 Å². The second kappa shape index (κ2) is 13.5. The molecule has 3 aromatic rings. The molecule has 4 heteroatoms. The summed E-state index contributed by atoms with van der Waals surface area (Å²) in [5.74, 6) is -1.54. The van der Waals surface area contributed by atoms with Crippen molar-refractivity contribution in [1.29, 1.82) is 0 Å². The molecule has 0 spiro atoms. The van der Waals surface area contributed by atoms with Crippen LogP contribution in [0.3, 0.4) is 0 Å². The molecule has 0 aliphatic heterocycles. The van der Waals surface area contributed by atoms with E-state index >= 15 is 4.39 Å². The van der Waals surface area contributed by atoms with Crippen molar-refractivity contribution >= 4 is 5.57 Å². The van der Waals surface area contributed by atoms with Crippen LogP contribution in [0.5, 0.6) is 5.75 Å². The molecule has 0 saturated carbocycles. The van der Waals surface area contributed by atoms with E-state index in [-0.39, 0.29) is 17.1 Å². The predicted molar refractivity (Wildman–Crippen MR) is 152 cm³/mol. The molecule has 3 aromatic carbocycles. The van der Waals surface area contributed by atoms with Gasteiger partial charge in [0, 0.05) is 11.1 Å². The van der Waals surface area contributed by atoms with Gasteiger partial charge in [-0.2, -0.15) is 4.39 Å². The minimum Gasteiger partial charge on any atom is -0.490 e. The molecule has 1 aliphatic rings. The monoisotopic (exact) mass is 518 g/mol. The zero-order valence-electron chi connectivity index (χ0n) is 22.2. The number of unbranched alkanes of at least 4 members (excludes halogenated alkanes) is 3. The molecule has 1 atom stereocenters. The van der Waals surface area contributed by atoms with E-state index in [1.165, 1.54) is 6.07 Å². The number of benzene rings is 3. The molecule has 4 rings (SSSR count). The van der Waals surface area contributed by atoms with Crippen molar-refractivity contribution in [3.8, 4) is 28.0 Å². The van der Waals surface area contributed by atoms with Crippen molar-refractivity contribution in [3.05, 3.63) is 96.3 Å². The molecule has 0 bridgehead atoms. The third-order valence-electron chi connectivity index (χ3n) is 7.45. The Balaban J connectivity index is 1.44. The number of ether oxygens (including phenoxy) is 1. The average Bonchev–Trinajstić information content (AvgIpc) is 2.94. The van der Waals surface area contributed by atoms with Gasteiger partial charge in [-0.05, 0) is 84.9 Å². The van der Waals surface area contributed by atoms with Gasteiger partial charge in [0.2, 0.25) is 5.82 Å². The molecule has 0 amide bonds. The Morgan fingerprint density at radius 1 is 0.868 bits per heavy atom. The van der Waals surface area contributed by atoms with E-state index in [1.807, 2.05) is 30.3 Å². The third-order valence-corrected chi connectivity index (χ3v) is 7.45. The van der Waals surface area contributed by atoms with Crippen LogP contribution < -0.4 is 4.74 Å². The van der Waals surface area contributed by atoms with Gasteiger partial charge in [-0.1, -0.05) is 74.7 Å². The summed E-state index contributed by atoms with van der Waals surface area (Å²) in [7, 11) is 0. The molecule has 200 valence electrons. The second-order valence-electron chi connectivity index (χ2n) is 10.2. The average molecular weight is 519 g/mol. The van der Waals surface area contributed by atoms with Crippen LogP contribution in [0.25, 0.3) is 27.8 Å². The van der Waals surface area contributed by atoms with Crippen LogP contribution in [0.2, 0.25) is 0 Å². The maximum atomic E-state index is 15.1. The SMILES string of the molecule is C=CCCC1CC=C(c2ccc(-c3ccc(-c4ccc(OCCCCCC)c(F)c4F)cc3)cc2F)CC1. The summed E-state index contributed by atoms with van der Waals surface area (Å²) in [5, 5.41) is 0. The molecule has 1 aliphatic carbocycles. The highest BCUT2D eigenvalue weighted by molar-refractivity contribution is 5.74. The summed E-state index contributed by atoms with van der Waals surface area (Å²) >= 11 is 0. The van der Waals surface area contributed by atoms with Gasteiger partial charge >= 0.3 is 0 Å². The van der Waals surface area contributed by atoms with Gasteiger partial charge in [0.15, 0.2) is 11.6 Å². The Morgan fingerprint density at radius 2 is 1.61 bits per heavy atom. The molecule has 0 N–H and O–H groups in total. The van der Waals surface area contributed by atoms with Crippen LogP contribution in [0.1, 0.15) is 70.3 Å². The minimum atomic E-state index is -0.969. The lowest BCUT2D eigenvalue weighted by atomic mass is 9.84. The fourth-order valence-corrected chi connectivity index (χ4v) is 5.12. The van der Waals surface area contributed by atoms with Gasteiger partial charge in [0.1, 0.15) is 5.82 Å². The zero-order valence-corrected chi connectivity index (χ0v) is 22.2. The summed E-state index contributed by atoms with van der Waals surface area (Å²) in [6.07, 6.45) is 13.3. The molecule has 0 radical (unpaired) electrons. The van der Waals surface area contributed by atoms with E-state index in [4.69, 9.17) is 4.74 Å². The maximum absolute atomic E-state index is 15.1. The number of halogens is 3. The molecule has 0 aromatic heterocycles. The summed E-state index contributed by atoms with van der Waals surface area (Å²) in [6, 6.07) is 15.4. The molecule has 38 heavy (non-hydrogen) atoms. The van der Waals surface area contributed by atoms with Crippen molar-refractivity contribution < 1.29 is 17.9 Å². The lowest BCUT2D eigenvalue weighted by Gasteiger charge is -2.22. The first-order valence-electron chi connectivity index (χ1n) is 13.8. The predicted octanol–water partition coefficient (Wildman–Crippen LogP) is 10.5. The molecule has 0 saturated heterocycles. The number of hydrogen-bond donors (Lipinski definition) is 0. The van der Waals surface area contributed by atoms with E-state index in [0.29, 0.717) is 23.7 Å². The minimum absolute atomic E-state index is 0.0599. The fraction of sp³-hybridized carbons (Fsp3) is 0.353. The summed E-state index contributed by atoms with van der Waals surface area (Å²) < 4.78 is 50.0. The van der Waals surface area contributed by atoms with E-state index in [1.54, 1.807) is 24.3 Å². The van der Waals surface area contributed by atoms with E-state index in [9.17, 15) is 8.78 Å². The molecule has 1 nitrogen and oxygen atoms in total. The van der Waals surface area contributed by atoms with Gasteiger partial charge in [-0.15, -0.1) is 6.58 Å². The van der Waals surface area contributed by atoms with Crippen LogP contribution in [0, 0.1) is 23.4 Å². The zero-order chi connectivity index (χ0) is 26.9. The molecule has 0 heterocycles. The van der Waals surface area contributed by atoms with E-state index in [0.717, 1.165) is 74.5 Å². The number of hydrogen-bond acceptors (Lipinski definition) is 1. The Kier molecular flexibility index (Phi) is 9.86. The highest BCUT2D eigenvalue weighted by atomic mass is 19.2. The fourth-order valence-electron chi connectivity index (χ4n) is 5.12. The number of allylic oxidation sites excluding steroid dienone is 3. The topological polar surface area (TPSA) is 9.23 Å². The maximum Gasteiger partial charge on any atom is 0.201 e. The summed E-state index contributed by atoms with van der Waals surface area (Å²) in [4.78, 5) is 0. The van der Waals surface area contributed by atoms with Crippen molar-refractivity contribution in [3.63, 3.8) is 0 Å². The molecule has 1 unspecified atom stereocenters. The van der Waals surface area contributed by atoms with Gasteiger partial charge in [0.05, 0.1) is 6.61 Å². The van der Waals surface area contributed by atoms with Gasteiger partial charge in [0.25, 0.3) is 0 Å². The third kappa shape index (κ3) is 6.78. The van der Waals surface area contributed by atoms with E-state index in [2.05, 4.69) is 19.6 Å². The Labute approximate surface area is 225 Å². The summed E-state index contributed by atoms with van der Waals surface area (Å²) in [6.45, 7) is 6.28. The van der Waals surface area contributed by atoms with Crippen LogP contribution in [-0.2, 0) is 0 Å². The van der Waals surface area contributed by atoms with Crippen LogP contribution in [0.4, 0.5) is 13.2 Å². The highest BCUT2D eigenvalue weighted by Gasteiger charge is 2.18. The number of rotatable bonds is 12.